The fourth-order valence-electron chi connectivity index (χ4n) is 2.86. The lowest BCUT2D eigenvalue weighted by molar-refractivity contribution is -0.145. The number of unbranched alkanes of at least 4 members (excludes halogenated alkanes) is 9. The number of carbonyl (C=O) groups is 2. The minimum atomic E-state index is -0.0595. The zero-order chi connectivity index (χ0) is 20.2. The monoisotopic (exact) mass is 384 g/mol. The Labute approximate surface area is 167 Å². The molecule has 0 fully saturated rings. The minimum Gasteiger partial charge on any atom is -0.466 e. The molecule has 0 aromatic heterocycles. The minimum absolute atomic E-state index is 0.0503. The van der Waals surface area contributed by atoms with Crippen LogP contribution in [0.2, 0.25) is 0 Å². The van der Waals surface area contributed by atoms with Crippen molar-refractivity contribution >= 4 is 11.9 Å². The number of rotatable bonds is 19. The van der Waals surface area contributed by atoms with Crippen LogP contribution in [0.4, 0.5) is 0 Å². The molecule has 0 spiro atoms. The molecule has 1 unspecified atom stereocenters. The Bertz CT molecular complexity index is 354. The predicted octanol–water partition coefficient (Wildman–Crippen LogP) is 6.60. The van der Waals surface area contributed by atoms with Crippen molar-refractivity contribution in [2.45, 2.75) is 117 Å². The predicted molar refractivity (Wildman–Crippen MR) is 112 cm³/mol. The van der Waals surface area contributed by atoms with Gasteiger partial charge in [0.05, 0.1) is 13.2 Å². The first-order chi connectivity index (χ1) is 13.1. The van der Waals surface area contributed by atoms with Gasteiger partial charge in [0.15, 0.2) is 0 Å². The molecule has 0 aliphatic heterocycles. The summed E-state index contributed by atoms with van der Waals surface area (Å²) in [6, 6.07) is 0. The summed E-state index contributed by atoms with van der Waals surface area (Å²) in [6.07, 6.45) is 15.2. The Kier molecular flexibility index (Phi) is 18.9. The smallest absolute Gasteiger partial charge is 0.305 e. The van der Waals surface area contributed by atoms with E-state index in [1.165, 1.54) is 19.3 Å². The second kappa shape index (κ2) is 19.7. The van der Waals surface area contributed by atoms with Crippen LogP contribution in [0.15, 0.2) is 0 Å². The Morgan fingerprint density at radius 3 is 1.70 bits per heavy atom. The van der Waals surface area contributed by atoms with Gasteiger partial charge in [-0.1, -0.05) is 78.6 Å². The maximum absolute atomic E-state index is 11.6. The third-order valence-corrected chi connectivity index (χ3v) is 5.09. The van der Waals surface area contributed by atoms with Gasteiger partial charge >= 0.3 is 11.9 Å². The zero-order valence-corrected chi connectivity index (χ0v) is 18.2. The van der Waals surface area contributed by atoms with Crippen LogP contribution < -0.4 is 0 Å². The Morgan fingerprint density at radius 1 is 0.667 bits per heavy atom. The van der Waals surface area contributed by atoms with Crippen LogP contribution >= 0.6 is 0 Å². The number of esters is 2. The molecule has 0 heterocycles. The van der Waals surface area contributed by atoms with Crippen LogP contribution in [-0.4, -0.2) is 25.2 Å². The summed E-state index contributed by atoms with van der Waals surface area (Å²) in [4.78, 5) is 23.2. The first-order valence-electron chi connectivity index (χ1n) is 11.4. The zero-order valence-electron chi connectivity index (χ0n) is 18.2. The molecule has 4 nitrogen and oxygen atoms in total. The van der Waals surface area contributed by atoms with Crippen molar-refractivity contribution in [3.63, 3.8) is 0 Å². The maximum atomic E-state index is 11.6. The molecule has 0 aliphatic rings. The number of ether oxygens (including phenoxy) is 2. The molecule has 4 heteroatoms. The van der Waals surface area contributed by atoms with E-state index >= 15 is 0 Å². The lowest BCUT2D eigenvalue weighted by Gasteiger charge is -2.09. The Morgan fingerprint density at radius 2 is 1.15 bits per heavy atom. The van der Waals surface area contributed by atoms with Gasteiger partial charge in [0.2, 0.25) is 0 Å². The van der Waals surface area contributed by atoms with Crippen LogP contribution in [-0.2, 0) is 19.1 Å². The standard InChI is InChI=1S/C23H44O4/c1-4-6-7-12-15-19-26-22(24)16-13-10-8-9-11-14-17-23(25)27-20-18-21(3)5-2/h21H,4-20H2,1-3H3. The highest BCUT2D eigenvalue weighted by atomic mass is 16.5. The molecule has 0 saturated carbocycles. The third kappa shape index (κ3) is 19.5. The van der Waals surface area contributed by atoms with E-state index in [9.17, 15) is 9.59 Å². The van der Waals surface area contributed by atoms with Crippen molar-refractivity contribution in [3.05, 3.63) is 0 Å². The highest BCUT2D eigenvalue weighted by Gasteiger charge is 2.05. The highest BCUT2D eigenvalue weighted by Crippen LogP contribution is 2.11. The molecule has 0 saturated heterocycles. The molecular formula is C23H44O4. The van der Waals surface area contributed by atoms with E-state index in [1.807, 2.05) is 0 Å². The first-order valence-corrected chi connectivity index (χ1v) is 11.4. The molecule has 0 radical (unpaired) electrons. The van der Waals surface area contributed by atoms with Crippen molar-refractivity contribution in [2.24, 2.45) is 5.92 Å². The van der Waals surface area contributed by atoms with Crippen LogP contribution in [0, 0.1) is 5.92 Å². The largest absolute Gasteiger partial charge is 0.466 e. The summed E-state index contributed by atoms with van der Waals surface area (Å²) in [5.41, 5.74) is 0. The van der Waals surface area contributed by atoms with Crippen molar-refractivity contribution in [1.82, 2.24) is 0 Å². The van der Waals surface area contributed by atoms with Gasteiger partial charge < -0.3 is 9.47 Å². The fourth-order valence-corrected chi connectivity index (χ4v) is 2.86. The van der Waals surface area contributed by atoms with E-state index in [0.717, 1.165) is 64.2 Å². The van der Waals surface area contributed by atoms with Gasteiger partial charge in [0, 0.05) is 12.8 Å². The second-order valence-electron chi connectivity index (χ2n) is 7.78. The molecule has 0 aliphatic carbocycles. The van der Waals surface area contributed by atoms with Crippen molar-refractivity contribution in [2.75, 3.05) is 13.2 Å². The molecule has 0 bridgehead atoms. The van der Waals surface area contributed by atoms with Gasteiger partial charge in [-0.25, -0.2) is 0 Å². The Hall–Kier alpha value is -1.06. The normalized spacial score (nSPS) is 12.0. The van der Waals surface area contributed by atoms with Crippen LogP contribution in [0.25, 0.3) is 0 Å². The molecular weight excluding hydrogens is 340 g/mol. The average Bonchev–Trinajstić information content (AvgIpc) is 2.66. The van der Waals surface area contributed by atoms with E-state index in [-0.39, 0.29) is 11.9 Å². The van der Waals surface area contributed by atoms with Crippen molar-refractivity contribution in [1.29, 1.82) is 0 Å². The van der Waals surface area contributed by atoms with Crippen molar-refractivity contribution in [3.8, 4) is 0 Å². The number of hydrogen-bond acceptors (Lipinski definition) is 4. The molecule has 0 aromatic rings. The lowest BCUT2D eigenvalue weighted by atomic mass is 10.1. The first kappa shape index (κ1) is 25.9. The van der Waals surface area contributed by atoms with E-state index in [4.69, 9.17) is 9.47 Å². The summed E-state index contributed by atoms with van der Waals surface area (Å²) >= 11 is 0. The van der Waals surface area contributed by atoms with Gasteiger partial charge in [-0.2, -0.15) is 0 Å². The molecule has 27 heavy (non-hydrogen) atoms. The molecule has 160 valence electrons. The molecule has 0 rings (SSSR count). The topological polar surface area (TPSA) is 52.6 Å². The van der Waals surface area contributed by atoms with Gasteiger partial charge in [-0.3, -0.25) is 9.59 Å². The van der Waals surface area contributed by atoms with E-state index in [1.54, 1.807) is 0 Å². The van der Waals surface area contributed by atoms with Crippen LogP contribution in [0.1, 0.15) is 117 Å². The van der Waals surface area contributed by atoms with Gasteiger partial charge in [0.25, 0.3) is 0 Å². The van der Waals surface area contributed by atoms with Gasteiger partial charge in [-0.05, 0) is 31.6 Å². The molecule has 0 N–H and O–H groups in total. The third-order valence-electron chi connectivity index (χ3n) is 5.09. The van der Waals surface area contributed by atoms with Crippen LogP contribution in [0.3, 0.4) is 0 Å². The summed E-state index contributed by atoms with van der Waals surface area (Å²) < 4.78 is 10.5. The van der Waals surface area contributed by atoms with Gasteiger partial charge in [0.1, 0.15) is 0 Å². The Balaban J connectivity index is 3.30. The fraction of sp³-hybridized carbons (Fsp3) is 0.913. The van der Waals surface area contributed by atoms with E-state index in [2.05, 4.69) is 20.8 Å². The number of carbonyl (C=O) groups excluding carboxylic acids is 2. The second-order valence-corrected chi connectivity index (χ2v) is 7.78. The summed E-state index contributed by atoms with van der Waals surface area (Å²) in [5, 5.41) is 0. The quantitative estimate of drug-likeness (QED) is 0.186. The van der Waals surface area contributed by atoms with Crippen LogP contribution in [0.5, 0.6) is 0 Å². The molecule has 1 atom stereocenters. The summed E-state index contributed by atoms with van der Waals surface area (Å²) in [5.74, 6) is 0.516. The number of hydrogen-bond donors (Lipinski definition) is 0. The van der Waals surface area contributed by atoms with Crippen molar-refractivity contribution < 1.29 is 19.1 Å². The molecule has 0 aromatic carbocycles. The molecule has 0 amide bonds. The summed E-state index contributed by atoms with van der Waals surface area (Å²) in [6.45, 7) is 7.68. The SMILES string of the molecule is CCCCCCCOC(=O)CCCCCCCCC(=O)OCCC(C)CC. The highest BCUT2D eigenvalue weighted by molar-refractivity contribution is 5.69. The maximum Gasteiger partial charge on any atom is 0.305 e. The average molecular weight is 385 g/mol. The summed E-state index contributed by atoms with van der Waals surface area (Å²) in [7, 11) is 0. The van der Waals surface area contributed by atoms with Gasteiger partial charge in [-0.15, -0.1) is 0 Å². The van der Waals surface area contributed by atoms with E-state index < -0.39 is 0 Å². The lowest BCUT2D eigenvalue weighted by Crippen LogP contribution is -2.08. The van der Waals surface area contributed by atoms with E-state index in [0.29, 0.717) is 32.0 Å².